The summed E-state index contributed by atoms with van der Waals surface area (Å²) in [5.41, 5.74) is 7.40. The van der Waals surface area contributed by atoms with Gasteiger partial charge in [0.1, 0.15) is 16.7 Å². The fourth-order valence-electron chi connectivity index (χ4n) is 6.84. The number of nitrogens with zero attached hydrogens (tertiary/aromatic N) is 2. The van der Waals surface area contributed by atoms with Crippen LogP contribution in [0, 0.1) is 0 Å². The lowest BCUT2D eigenvalue weighted by Gasteiger charge is -2.13. The van der Waals surface area contributed by atoms with Crippen LogP contribution in [0.1, 0.15) is 0 Å². The molecule has 0 aliphatic carbocycles. The van der Waals surface area contributed by atoms with Crippen LogP contribution in [0.25, 0.3) is 93.5 Å². The largest absolute Gasteiger partial charge is 0.456 e. The van der Waals surface area contributed by atoms with Crippen LogP contribution >= 0.6 is 0 Å². The molecular weight excluding hydrogens is 528 g/mol. The second kappa shape index (κ2) is 8.34. The summed E-state index contributed by atoms with van der Waals surface area (Å²) in [6.45, 7) is 0. The lowest BCUT2D eigenvalue weighted by Crippen LogP contribution is -1.98. The van der Waals surface area contributed by atoms with E-state index in [9.17, 15) is 0 Å². The van der Waals surface area contributed by atoms with Gasteiger partial charge >= 0.3 is 0 Å². The monoisotopic (exact) mass is 550 g/mol. The summed E-state index contributed by atoms with van der Waals surface area (Å²) in [5.74, 6) is 0.573. The molecule has 3 aromatic heterocycles. The molecule has 0 amide bonds. The molecule has 0 aliphatic heterocycles. The lowest BCUT2D eigenvalue weighted by atomic mass is 10.0. The number of para-hydroxylation sites is 3. The highest BCUT2D eigenvalue weighted by Gasteiger charge is 2.24. The SMILES string of the molecule is c1ccc2cc3c(cc2c1)oc1ccc(-n2c4ccccc4c4cc5ccccc5cc42)c(-c2nc4ccccc4o2)c13. The van der Waals surface area contributed by atoms with Gasteiger partial charge in [0, 0.05) is 21.5 Å². The molecule has 10 rings (SSSR count). The van der Waals surface area contributed by atoms with Crippen LogP contribution in [-0.4, -0.2) is 9.55 Å². The van der Waals surface area contributed by atoms with Crippen molar-refractivity contribution in [2.75, 3.05) is 0 Å². The van der Waals surface area contributed by atoms with Gasteiger partial charge in [-0.2, -0.15) is 0 Å². The Morgan fingerprint density at radius 1 is 0.465 bits per heavy atom. The molecule has 0 saturated heterocycles. The van der Waals surface area contributed by atoms with Crippen molar-refractivity contribution in [3.63, 3.8) is 0 Å². The third-order valence-corrected chi connectivity index (χ3v) is 8.77. The molecule has 4 heteroatoms. The molecule has 0 bridgehead atoms. The Balaban J connectivity index is 1.41. The van der Waals surface area contributed by atoms with Crippen LogP contribution in [0.5, 0.6) is 0 Å². The van der Waals surface area contributed by atoms with E-state index in [4.69, 9.17) is 13.8 Å². The van der Waals surface area contributed by atoms with Crippen molar-refractivity contribution in [1.29, 1.82) is 0 Å². The van der Waals surface area contributed by atoms with E-state index < -0.39 is 0 Å². The molecule has 43 heavy (non-hydrogen) atoms. The Morgan fingerprint density at radius 2 is 1.14 bits per heavy atom. The Hall–Kier alpha value is -5.87. The molecule has 0 N–H and O–H groups in total. The first-order valence-electron chi connectivity index (χ1n) is 14.5. The average molecular weight is 551 g/mol. The van der Waals surface area contributed by atoms with Gasteiger partial charge in [0.2, 0.25) is 5.89 Å². The number of hydrogen-bond acceptors (Lipinski definition) is 3. The molecular formula is C39H22N2O2. The van der Waals surface area contributed by atoms with E-state index in [-0.39, 0.29) is 0 Å². The minimum atomic E-state index is 0.573. The molecule has 200 valence electrons. The third kappa shape index (κ3) is 3.18. The minimum Gasteiger partial charge on any atom is -0.456 e. The van der Waals surface area contributed by atoms with Crippen molar-refractivity contribution in [2.24, 2.45) is 0 Å². The number of benzene rings is 7. The van der Waals surface area contributed by atoms with Gasteiger partial charge < -0.3 is 13.4 Å². The van der Waals surface area contributed by atoms with E-state index in [1.54, 1.807) is 0 Å². The zero-order valence-electron chi connectivity index (χ0n) is 22.9. The van der Waals surface area contributed by atoms with Crippen molar-refractivity contribution in [1.82, 2.24) is 9.55 Å². The second-order valence-electron chi connectivity index (χ2n) is 11.2. The van der Waals surface area contributed by atoms with E-state index in [0.717, 1.165) is 66.1 Å². The summed E-state index contributed by atoms with van der Waals surface area (Å²) in [6, 6.07) is 46.7. The molecule has 7 aromatic carbocycles. The number of hydrogen-bond donors (Lipinski definition) is 0. The standard InChI is InChI=1S/C39H22N2O2/c1-3-11-25-21-33-28(19-23(25)9-1)27-13-5-7-15-31(27)41(33)32-17-18-35-37(38(32)39-40-30-14-6-8-16-34(30)43-39)29-20-24-10-2-4-12-26(24)22-36(29)42-35/h1-22H. The normalized spacial score (nSPS) is 12.2. The summed E-state index contributed by atoms with van der Waals surface area (Å²) in [6.07, 6.45) is 0. The second-order valence-corrected chi connectivity index (χ2v) is 11.2. The van der Waals surface area contributed by atoms with E-state index in [1.165, 1.54) is 21.5 Å². The maximum atomic E-state index is 6.53. The highest BCUT2D eigenvalue weighted by atomic mass is 16.3. The maximum Gasteiger partial charge on any atom is 0.230 e. The molecule has 10 aromatic rings. The molecule has 0 fully saturated rings. The first kappa shape index (κ1) is 22.8. The van der Waals surface area contributed by atoms with Crippen LogP contribution in [0.2, 0.25) is 0 Å². The fourth-order valence-corrected chi connectivity index (χ4v) is 6.84. The van der Waals surface area contributed by atoms with Crippen LogP contribution < -0.4 is 0 Å². The predicted molar refractivity (Wildman–Crippen MR) is 176 cm³/mol. The van der Waals surface area contributed by atoms with Crippen molar-refractivity contribution < 1.29 is 8.83 Å². The zero-order chi connectivity index (χ0) is 28.1. The van der Waals surface area contributed by atoms with E-state index in [2.05, 4.69) is 114 Å². The van der Waals surface area contributed by atoms with Crippen molar-refractivity contribution in [3.8, 4) is 17.1 Å². The van der Waals surface area contributed by atoms with Gasteiger partial charge in [-0.1, -0.05) is 78.9 Å². The van der Waals surface area contributed by atoms with E-state index in [0.29, 0.717) is 5.89 Å². The van der Waals surface area contributed by atoms with Gasteiger partial charge in [0.05, 0.1) is 22.3 Å². The first-order valence-corrected chi connectivity index (χ1v) is 14.5. The predicted octanol–water partition coefficient (Wildman–Crippen LogP) is 10.8. The van der Waals surface area contributed by atoms with Crippen LogP contribution in [0.4, 0.5) is 0 Å². The third-order valence-electron chi connectivity index (χ3n) is 8.77. The van der Waals surface area contributed by atoms with Gasteiger partial charge in [0.15, 0.2) is 5.58 Å². The van der Waals surface area contributed by atoms with Crippen LogP contribution in [-0.2, 0) is 0 Å². The van der Waals surface area contributed by atoms with Gasteiger partial charge in [-0.25, -0.2) is 4.98 Å². The van der Waals surface area contributed by atoms with Gasteiger partial charge in [-0.3, -0.25) is 0 Å². The lowest BCUT2D eigenvalue weighted by molar-refractivity contribution is 0.620. The Kier molecular flexibility index (Phi) is 4.42. The number of aromatic nitrogens is 2. The Bertz CT molecular complexity index is 2710. The molecule has 4 nitrogen and oxygen atoms in total. The molecule has 3 heterocycles. The summed E-state index contributed by atoms with van der Waals surface area (Å²) < 4.78 is 15.4. The van der Waals surface area contributed by atoms with Crippen molar-refractivity contribution in [3.05, 3.63) is 133 Å². The molecule has 0 unspecified atom stereocenters. The highest BCUT2D eigenvalue weighted by molar-refractivity contribution is 6.19. The molecule has 0 aliphatic rings. The molecule has 0 spiro atoms. The smallest absolute Gasteiger partial charge is 0.230 e. The number of furan rings is 1. The molecule has 0 radical (unpaired) electrons. The molecule has 0 saturated carbocycles. The first-order chi connectivity index (χ1) is 21.3. The quantitative estimate of drug-likeness (QED) is 0.215. The topological polar surface area (TPSA) is 44.1 Å². The maximum absolute atomic E-state index is 6.53. The summed E-state index contributed by atoms with van der Waals surface area (Å²) in [4.78, 5) is 5.04. The number of rotatable bonds is 2. The zero-order valence-corrected chi connectivity index (χ0v) is 22.9. The van der Waals surface area contributed by atoms with Crippen molar-refractivity contribution >= 4 is 76.4 Å². The van der Waals surface area contributed by atoms with Crippen LogP contribution in [0.15, 0.2) is 142 Å². The number of oxazole rings is 1. The number of fused-ring (bicyclic) bond motifs is 9. The molecule has 0 atom stereocenters. The Morgan fingerprint density at radius 3 is 1.95 bits per heavy atom. The van der Waals surface area contributed by atoms with E-state index in [1.807, 2.05) is 24.3 Å². The fraction of sp³-hybridized carbons (Fsp3) is 0. The average Bonchev–Trinajstić information content (AvgIpc) is 3.73. The van der Waals surface area contributed by atoms with Crippen molar-refractivity contribution in [2.45, 2.75) is 0 Å². The van der Waals surface area contributed by atoms with Gasteiger partial charge in [-0.15, -0.1) is 0 Å². The van der Waals surface area contributed by atoms with Gasteiger partial charge in [0.25, 0.3) is 0 Å². The highest BCUT2D eigenvalue weighted by Crippen LogP contribution is 2.44. The van der Waals surface area contributed by atoms with E-state index >= 15 is 0 Å². The summed E-state index contributed by atoms with van der Waals surface area (Å²) in [7, 11) is 0. The Labute approximate surface area is 245 Å². The van der Waals surface area contributed by atoms with Gasteiger partial charge in [-0.05, 0) is 76.1 Å². The minimum absolute atomic E-state index is 0.573. The summed E-state index contributed by atoms with van der Waals surface area (Å²) >= 11 is 0. The summed E-state index contributed by atoms with van der Waals surface area (Å²) in [5, 5.41) is 9.18. The van der Waals surface area contributed by atoms with Crippen LogP contribution in [0.3, 0.4) is 0 Å².